The summed E-state index contributed by atoms with van der Waals surface area (Å²) in [6.45, 7) is 0.805. The van der Waals surface area contributed by atoms with E-state index in [0.717, 1.165) is 29.8 Å². The molecule has 0 radical (unpaired) electrons. The molecule has 0 aromatic heterocycles. The monoisotopic (exact) mass is 294 g/mol. The van der Waals surface area contributed by atoms with Gasteiger partial charge in [-0.15, -0.1) is 0 Å². The van der Waals surface area contributed by atoms with E-state index < -0.39 is 5.41 Å². The van der Waals surface area contributed by atoms with Crippen LogP contribution in [-0.4, -0.2) is 24.6 Å². The zero-order chi connectivity index (χ0) is 15.3. The number of anilines is 1. The van der Waals surface area contributed by atoms with Crippen molar-refractivity contribution in [2.75, 3.05) is 18.5 Å². The van der Waals surface area contributed by atoms with Gasteiger partial charge in [-0.05, 0) is 42.3 Å². The van der Waals surface area contributed by atoms with E-state index in [9.17, 15) is 9.90 Å². The smallest absolute Gasteiger partial charge is 0.239 e. The number of carbonyl (C=O) groups excluding carboxylic acids is 1. The highest BCUT2D eigenvalue weighted by Gasteiger charge is 2.57. The summed E-state index contributed by atoms with van der Waals surface area (Å²) in [5, 5.41) is 13.0. The number of nitrogens with zero attached hydrogens (tertiary/aromatic N) is 1. The third kappa shape index (κ3) is 1.58. The Labute approximate surface area is 129 Å². The van der Waals surface area contributed by atoms with Crippen molar-refractivity contribution >= 4 is 11.6 Å². The van der Waals surface area contributed by atoms with E-state index in [1.807, 2.05) is 37.4 Å². The summed E-state index contributed by atoms with van der Waals surface area (Å²) in [5.41, 5.74) is 2.60. The number of carbonyl (C=O) groups is 1. The van der Waals surface area contributed by atoms with Gasteiger partial charge in [-0.2, -0.15) is 0 Å². The molecule has 1 spiro atoms. The minimum Gasteiger partial charge on any atom is -0.508 e. The largest absolute Gasteiger partial charge is 0.508 e. The fourth-order valence-corrected chi connectivity index (χ4v) is 3.99. The van der Waals surface area contributed by atoms with Crippen LogP contribution in [0.15, 0.2) is 48.5 Å². The standard InChI is InChI=1S/C18H18N2O2/c1-20-15-5-3-2-4-14(15)18(17(20)22)10-11-19-16(18)12-6-8-13(21)9-7-12/h2-9,16,19,21H,10-11H2,1H3. The van der Waals surface area contributed by atoms with Crippen molar-refractivity contribution < 1.29 is 9.90 Å². The second kappa shape index (κ2) is 4.58. The van der Waals surface area contributed by atoms with Crippen molar-refractivity contribution in [3.63, 3.8) is 0 Å². The number of para-hydroxylation sites is 1. The highest BCUT2D eigenvalue weighted by Crippen LogP contribution is 2.52. The van der Waals surface area contributed by atoms with E-state index in [4.69, 9.17) is 0 Å². The number of nitrogens with one attached hydrogen (secondary N) is 1. The first-order valence-electron chi connectivity index (χ1n) is 7.54. The van der Waals surface area contributed by atoms with Crippen molar-refractivity contribution in [2.24, 2.45) is 0 Å². The Balaban J connectivity index is 1.89. The minimum absolute atomic E-state index is 0.0632. The van der Waals surface area contributed by atoms with Crippen LogP contribution in [0.1, 0.15) is 23.6 Å². The van der Waals surface area contributed by atoms with Crippen molar-refractivity contribution in [3.05, 3.63) is 59.7 Å². The number of hydrogen-bond donors (Lipinski definition) is 2. The lowest BCUT2D eigenvalue weighted by molar-refractivity contribution is -0.123. The molecule has 4 nitrogen and oxygen atoms in total. The van der Waals surface area contributed by atoms with Gasteiger partial charge in [0, 0.05) is 12.7 Å². The number of fused-ring (bicyclic) bond motifs is 2. The number of rotatable bonds is 1. The average molecular weight is 294 g/mol. The quantitative estimate of drug-likeness (QED) is 0.849. The Morgan fingerprint density at radius 1 is 1.18 bits per heavy atom. The number of aromatic hydroxyl groups is 1. The van der Waals surface area contributed by atoms with Gasteiger partial charge < -0.3 is 15.3 Å². The molecule has 0 bridgehead atoms. The molecule has 4 heteroatoms. The Morgan fingerprint density at radius 3 is 2.68 bits per heavy atom. The molecule has 2 aliphatic rings. The molecule has 2 N–H and O–H groups in total. The second-order valence-corrected chi connectivity index (χ2v) is 6.08. The van der Waals surface area contributed by atoms with Crippen LogP contribution in [0.25, 0.3) is 0 Å². The third-order valence-electron chi connectivity index (χ3n) is 5.02. The highest BCUT2D eigenvalue weighted by molar-refractivity contribution is 6.08. The fraction of sp³-hybridized carbons (Fsp3) is 0.278. The van der Waals surface area contributed by atoms with Crippen LogP contribution in [0.3, 0.4) is 0 Å². The second-order valence-electron chi connectivity index (χ2n) is 6.08. The Hall–Kier alpha value is -2.33. The molecule has 1 amide bonds. The zero-order valence-electron chi connectivity index (χ0n) is 12.4. The molecule has 1 saturated heterocycles. The topological polar surface area (TPSA) is 52.6 Å². The van der Waals surface area contributed by atoms with Crippen LogP contribution in [0.5, 0.6) is 5.75 Å². The number of likely N-dealkylation sites (N-methyl/N-ethyl adjacent to an activating group) is 1. The zero-order valence-corrected chi connectivity index (χ0v) is 12.4. The molecule has 0 saturated carbocycles. The van der Waals surface area contributed by atoms with Gasteiger partial charge >= 0.3 is 0 Å². The van der Waals surface area contributed by atoms with Gasteiger partial charge in [-0.1, -0.05) is 30.3 Å². The molecule has 2 atom stereocenters. The number of hydrogen-bond acceptors (Lipinski definition) is 3. The molecule has 2 aromatic rings. The van der Waals surface area contributed by atoms with E-state index in [2.05, 4.69) is 11.4 Å². The molecule has 0 aliphatic carbocycles. The predicted molar refractivity (Wildman–Crippen MR) is 85.0 cm³/mol. The number of amides is 1. The molecule has 4 rings (SSSR count). The van der Waals surface area contributed by atoms with E-state index in [1.54, 1.807) is 17.0 Å². The maximum atomic E-state index is 13.1. The predicted octanol–water partition coefficient (Wildman–Crippen LogP) is 2.34. The minimum atomic E-state index is -0.539. The van der Waals surface area contributed by atoms with E-state index in [1.165, 1.54) is 0 Å². The fourth-order valence-electron chi connectivity index (χ4n) is 3.99. The molecule has 2 heterocycles. The van der Waals surface area contributed by atoms with Crippen LogP contribution in [-0.2, 0) is 10.2 Å². The first-order valence-corrected chi connectivity index (χ1v) is 7.54. The summed E-state index contributed by atoms with van der Waals surface area (Å²) in [4.78, 5) is 14.8. The molecular weight excluding hydrogens is 276 g/mol. The van der Waals surface area contributed by atoms with Crippen LogP contribution in [0, 0.1) is 0 Å². The van der Waals surface area contributed by atoms with Crippen LogP contribution >= 0.6 is 0 Å². The molecule has 22 heavy (non-hydrogen) atoms. The van der Waals surface area contributed by atoms with E-state index in [0.29, 0.717) is 0 Å². The summed E-state index contributed by atoms with van der Waals surface area (Å²) in [5.74, 6) is 0.392. The number of phenols is 1. The lowest BCUT2D eigenvalue weighted by Gasteiger charge is -2.30. The maximum Gasteiger partial charge on any atom is 0.239 e. The van der Waals surface area contributed by atoms with E-state index in [-0.39, 0.29) is 17.7 Å². The molecule has 112 valence electrons. The van der Waals surface area contributed by atoms with Gasteiger partial charge in [-0.25, -0.2) is 0 Å². The summed E-state index contributed by atoms with van der Waals surface area (Å²) >= 11 is 0. The van der Waals surface area contributed by atoms with Crippen molar-refractivity contribution in [2.45, 2.75) is 17.9 Å². The van der Waals surface area contributed by atoms with Gasteiger partial charge in [0.2, 0.25) is 5.91 Å². The molecule has 2 unspecified atom stereocenters. The third-order valence-corrected chi connectivity index (χ3v) is 5.02. The molecule has 2 aliphatic heterocycles. The Bertz CT molecular complexity index is 741. The average Bonchev–Trinajstić information content (AvgIpc) is 3.07. The summed E-state index contributed by atoms with van der Waals surface area (Å²) < 4.78 is 0. The van der Waals surface area contributed by atoms with Crippen LogP contribution in [0.4, 0.5) is 5.69 Å². The van der Waals surface area contributed by atoms with Gasteiger partial charge in [0.15, 0.2) is 0 Å². The maximum absolute atomic E-state index is 13.1. The Kier molecular flexibility index (Phi) is 2.78. The normalized spacial score (nSPS) is 26.7. The van der Waals surface area contributed by atoms with Gasteiger partial charge in [0.1, 0.15) is 5.75 Å². The molecule has 1 fully saturated rings. The van der Waals surface area contributed by atoms with Crippen LogP contribution in [0.2, 0.25) is 0 Å². The number of phenolic OH excluding ortho intramolecular Hbond substituents is 1. The lowest BCUT2D eigenvalue weighted by atomic mass is 9.73. The van der Waals surface area contributed by atoms with Crippen molar-refractivity contribution in [3.8, 4) is 5.75 Å². The first kappa shape index (κ1) is 13.3. The lowest BCUT2D eigenvalue weighted by Crippen LogP contribution is -2.42. The van der Waals surface area contributed by atoms with Crippen molar-refractivity contribution in [1.82, 2.24) is 5.32 Å². The van der Waals surface area contributed by atoms with Crippen molar-refractivity contribution in [1.29, 1.82) is 0 Å². The van der Waals surface area contributed by atoms with Gasteiger partial charge in [-0.3, -0.25) is 4.79 Å². The first-order chi connectivity index (χ1) is 10.6. The highest BCUT2D eigenvalue weighted by atomic mass is 16.3. The summed E-state index contributed by atoms with van der Waals surface area (Å²) in [6, 6.07) is 15.1. The molecule has 2 aromatic carbocycles. The Morgan fingerprint density at radius 2 is 1.91 bits per heavy atom. The summed E-state index contributed by atoms with van der Waals surface area (Å²) in [6.07, 6.45) is 0.790. The van der Waals surface area contributed by atoms with Crippen LogP contribution < -0.4 is 10.2 Å². The van der Waals surface area contributed by atoms with Gasteiger partial charge in [0.25, 0.3) is 0 Å². The summed E-state index contributed by atoms with van der Waals surface area (Å²) in [7, 11) is 1.85. The van der Waals surface area contributed by atoms with Gasteiger partial charge in [0.05, 0.1) is 11.5 Å². The molecular formula is C18H18N2O2. The SMILES string of the molecule is CN1C(=O)C2(CCNC2c2ccc(O)cc2)c2ccccc21. The number of benzene rings is 2. The van der Waals surface area contributed by atoms with E-state index >= 15 is 0 Å².